The van der Waals surface area contributed by atoms with Crippen LogP contribution in [0.25, 0.3) is 22.3 Å². The van der Waals surface area contributed by atoms with E-state index < -0.39 is 0 Å². The number of ether oxygens (including phenoxy) is 1. The van der Waals surface area contributed by atoms with Gasteiger partial charge >= 0.3 is 0 Å². The normalized spacial score (nSPS) is 18.9. The Balaban J connectivity index is 1.64. The van der Waals surface area contributed by atoms with Crippen LogP contribution in [0, 0.1) is 0 Å². The summed E-state index contributed by atoms with van der Waals surface area (Å²) in [5.74, 6) is 1.21. The number of fused-ring (bicyclic) bond motifs is 3. The Morgan fingerprint density at radius 3 is 2.34 bits per heavy atom. The molecule has 7 rings (SSSR count). The molecular weight excluding hydrogens is 400 g/mol. The molecule has 3 aromatic carbocycles. The van der Waals surface area contributed by atoms with Crippen molar-refractivity contribution in [1.82, 2.24) is 0 Å². The third-order valence-corrected chi connectivity index (χ3v) is 7.21. The smallest absolute Gasteiger partial charge is 0.169 e. The maximum atomic E-state index is 11.0. The average Bonchev–Trinajstić information content (AvgIpc) is 2.79. The molecule has 32 heavy (non-hydrogen) atoms. The number of benzene rings is 3. The van der Waals surface area contributed by atoms with Crippen molar-refractivity contribution in [3.63, 3.8) is 0 Å². The monoisotopic (exact) mass is 426 g/mol. The van der Waals surface area contributed by atoms with Gasteiger partial charge in [0.05, 0.1) is 0 Å². The molecule has 2 heterocycles. The molecule has 1 unspecified atom stereocenters. The SMILES string of the molecule is Oc1ccc2c(c1)CCC1=CCC(CC1)Oc1c(O)ccc3c1-c1cc-2c(O)cc1CC3. The number of hydrogen-bond acceptors (Lipinski definition) is 4. The fourth-order valence-electron chi connectivity index (χ4n) is 5.50. The lowest BCUT2D eigenvalue weighted by atomic mass is 9.82. The summed E-state index contributed by atoms with van der Waals surface area (Å²) >= 11 is 0. The quantitative estimate of drug-likeness (QED) is 0.383. The molecule has 0 saturated heterocycles. The van der Waals surface area contributed by atoms with Crippen molar-refractivity contribution < 1.29 is 20.1 Å². The first kappa shape index (κ1) is 19.3. The van der Waals surface area contributed by atoms with Crippen molar-refractivity contribution in [2.24, 2.45) is 0 Å². The second kappa shape index (κ2) is 7.33. The topological polar surface area (TPSA) is 69.9 Å². The van der Waals surface area contributed by atoms with Gasteiger partial charge < -0.3 is 20.1 Å². The van der Waals surface area contributed by atoms with Crippen LogP contribution in [0.3, 0.4) is 0 Å². The maximum absolute atomic E-state index is 11.0. The second-order valence-corrected chi connectivity index (χ2v) is 9.19. The Kier molecular flexibility index (Phi) is 4.42. The van der Waals surface area contributed by atoms with Crippen LogP contribution in [0.15, 0.2) is 54.1 Å². The fourth-order valence-corrected chi connectivity index (χ4v) is 5.50. The van der Waals surface area contributed by atoms with E-state index in [9.17, 15) is 15.3 Å². The highest BCUT2D eigenvalue weighted by Crippen LogP contribution is 2.49. The van der Waals surface area contributed by atoms with E-state index in [1.54, 1.807) is 12.1 Å². The van der Waals surface area contributed by atoms with Crippen LogP contribution in [-0.2, 0) is 19.3 Å². The highest BCUT2D eigenvalue weighted by Gasteiger charge is 2.28. The number of hydrogen-bond donors (Lipinski definition) is 3. The zero-order chi connectivity index (χ0) is 21.8. The van der Waals surface area contributed by atoms with Gasteiger partial charge in [-0.25, -0.2) is 0 Å². The number of rotatable bonds is 0. The molecule has 0 spiro atoms. The van der Waals surface area contributed by atoms with Crippen LogP contribution >= 0.6 is 0 Å². The summed E-state index contributed by atoms with van der Waals surface area (Å²) in [6.45, 7) is 0. The molecule has 3 N–H and O–H groups in total. The van der Waals surface area contributed by atoms with Crippen LogP contribution in [0.5, 0.6) is 23.0 Å². The molecule has 0 radical (unpaired) electrons. The standard InChI is InChI=1S/C28H26O4/c29-20-8-11-22-18(13-20)4-1-16-2-9-21(10-3-16)32-28-25(30)12-7-17-5-6-19-14-26(31)24(22)15-23(19)27(17)28/h2,7-8,11-15,21,29-31H,1,3-6,9-10H2. The van der Waals surface area contributed by atoms with Crippen LogP contribution in [0.1, 0.15) is 42.4 Å². The van der Waals surface area contributed by atoms with Gasteiger partial charge in [0.25, 0.3) is 0 Å². The van der Waals surface area contributed by atoms with Gasteiger partial charge in [-0.3, -0.25) is 0 Å². The number of aryl methyl sites for hydroxylation is 3. The van der Waals surface area contributed by atoms with E-state index in [0.29, 0.717) is 5.75 Å². The van der Waals surface area contributed by atoms with Crippen molar-refractivity contribution in [1.29, 1.82) is 0 Å². The summed E-state index contributed by atoms with van der Waals surface area (Å²) in [4.78, 5) is 0. The van der Waals surface area contributed by atoms with Gasteiger partial charge in [0.2, 0.25) is 0 Å². The summed E-state index contributed by atoms with van der Waals surface area (Å²) in [5, 5.41) is 31.9. The molecule has 0 amide bonds. The molecule has 2 aliphatic carbocycles. The zero-order valence-corrected chi connectivity index (χ0v) is 17.9. The Labute approximate surface area is 187 Å². The van der Waals surface area contributed by atoms with Crippen molar-refractivity contribution in [3.05, 3.63) is 70.8 Å². The lowest BCUT2D eigenvalue weighted by Gasteiger charge is -2.29. The number of aromatic hydroxyl groups is 3. The van der Waals surface area contributed by atoms with Crippen LogP contribution < -0.4 is 4.74 Å². The van der Waals surface area contributed by atoms with Crippen LogP contribution in [-0.4, -0.2) is 21.4 Å². The summed E-state index contributed by atoms with van der Waals surface area (Å²) in [5.41, 5.74) is 8.29. The van der Waals surface area contributed by atoms with Crippen LogP contribution in [0.4, 0.5) is 0 Å². The van der Waals surface area contributed by atoms with E-state index in [0.717, 1.165) is 83.9 Å². The third-order valence-electron chi connectivity index (χ3n) is 7.21. The van der Waals surface area contributed by atoms with Crippen molar-refractivity contribution in [2.45, 2.75) is 51.0 Å². The summed E-state index contributed by atoms with van der Waals surface area (Å²) in [6.07, 6.45) is 8.44. The van der Waals surface area contributed by atoms with Gasteiger partial charge in [-0.05, 0) is 96.7 Å². The van der Waals surface area contributed by atoms with E-state index in [2.05, 4.69) is 6.08 Å². The summed E-state index contributed by atoms with van der Waals surface area (Å²) in [7, 11) is 0. The second-order valence-electron chi connectivity index (χ2n) is 9.19. The largest absolute Gasteiger partial charge is 0.508 e. The van der Waals surface area contributed by atoms with Crippen molar-refractivity contribution in [3.8, 4) is 45.3 Å². The predicted octanol–water partition coefficient (Wildman–Crippen LogP) is 6.04. The van der Waals surface area contributed by atoms with Crippen molar-refractivity contribution in [2.75, 3.05) is 0 Å². The molecule has 0 saturated carbocycles. The van der Waals surface area contributed by atoms with E-state index in [1.165, 1.54) is 5.57 Å². The van der Waals surface area contributed by atoms with E-state index >= 15 is 0 Å². The molecule has 4 bridgehead atoms. The minimum atomic E-state index is 0.0392. The van der Waals surface area contributed by atoms with E-state index in [-0.39, 0.29) is 23.4 Å². The third kappa shape index (κ3) is 3.13. The van der Waals surface area contributed by atoms with Gasteiger partial charge in [-0.1, -0.05) is 23.8 Å². The molecule has 162 valence electrons. The molecule has 4 nitrogen and oxygen atoms in total. The van der Waals surface area contributed by atoms with Gasteiger partial charge in [0.15, 0.2) is 11.5 Å². The molecule has 0 aromatic heterocycles. The number of phenols is 3. The zero-order valence-electron chi connectivity index (χ0n) is 17.9. The Morgan fingerprint density at radius 1 is 0.688 bits per heavy atom. The van der Waals surface area contributed by atoms with Gasteiger partial charge in [0, 0.05) is 17.5 Å². The minimum Gasteiger partial charge on any atom is -0.508 e. The average molecular weight is 427 g/mol. The van der Waals surface area contributed by atoms with Gasteiger partial charge in [-0.2, -0.15) is 0 Å². The lowest BCUT2D eigenvalue weighted by Crippen LogP contribution is -2.20. The highest BCUT2D eigenvalue weighted by atomic mass is 16.5. The summed E-state index contributed by atoms with van der Waals surface area (Å²) in [6, 6.07) is 13.0. The maximum Gasteiger partial charge on any atom is 0.169 e. The van der Waals surface area contributed by atoms with Gasteiger partial charge in [0.1, 0.15) is 17.6 Å². The van der Waals surface area contributed by atoms with Gasteiger partial charge in [-0.15, -0.1) is 0 Å². The minimum absolute atomic E-state index is 0.0392. The highest BCUT2D eigenvalue weighted by molar-refractivity contribution is 5.87. The van der Waals surface area contributed by atoms with E-state index in [4.69, 9.17) is 4.74 Å². The first-order valence-electron chi connectivity index (χ1n) is 11.4. The molecule has 4 aliphatic rings. The molecule has 4 heteroatoms. The van der Waals surface area contributed by atoms with E-state index in [1.807, 2.05) is 30.3 Å². The first-order chi connectivity index (χ1) is 15.6. The number of allylic oxidation sites excluding steroid dienone is 1. The molecule has 3 aromatic rings. The Bertz CT molecular complexity index is 1270. The number of phenolic OH excluding ortho intramolecular Hbond substituents is 3. The van der Waals surface area contributed by atoms with Crippen LogP contribution in [0.2, 0.25) is 0 Å². The molecule has 0 fully saturated rings. The lowest BCUT2D eigenvalue weighted by molar-refractivity contribution is 0.182. The summed E-state index contributed by atoms with van der Waals surface area (Å²) < 4.78 is 6.45. The fraction of sp³-hybridized carbons (Fsp3) is 0.286. The van der Waals surface area contributed by atoms with Crippen molar-refractivity contribution >= 4 is 0 Å². The molecule has 2 aliphatic heterocycles. The Morgan fingerprint density at radius 2 is 1.50 bits per heavy atom. The first-order valence-corrected chi connectivity index (χ1v) is 11.4. The molecule has 1 atom stereocenters. The predicted molar refractivity (Wildman–Crippen MR) is 124 cm³/mol. The molecular formula is C28H26O4. The Hall–Kier alpha value is -3.40.